The van der Waals surface area contributed by atoms with Crippen molar-refractivity contribution < 1.29 is 9.72 Å². The fourth-order valence-electron chi connectivity index (χ4n) is 2.66. The normalized spacial score (nSPS) is 18.1. The molecule has 2 rings (SSSR count). The lowest BCUT2D eigenvalue weighted by Crippen LogP contribution is -2.44. The first-order valence-electron chi connectivity index (χ1n) is 7.19. The zero-order valence-corrected chi connectivity index (χ0v) is 12.9. The number of rotatable bonds is 5. The summed E-state index contributed by atoms with van der Waals surface area (Å²) in [6.07, 6.45) is 1.58. The van der Waals surface area contributed by atoms with Gasteiger partial charge < -0.3 is 16.0 Å². The van der Waals surface area contributed by atoms with Gasteiger partial charge in [-0.05, 0) is 25.0 Å². The van der Waals surface area contributed by atoms with E-state index >= 15 is 0 Å². The standard InChI is InChI=1S/C14H19ClN4O3/c15-11-3-4-12(13(8-11)19(21)22)18-7-1-2-10(9-18)14(20)17-6-5-16/h3-4,8,10H,1-2,5-7,9,16H2,(H,17,20). The second kappa shape index (κ2) is 7.42. The predicted octanol–water partition coefficient (Wildman–Crippen LogP) is 1.54. The number of nitrogens with zero attached hydrogens (tertiary/aromatic N) is 2. The van der Waals surface area contributed by atoms with E-state index in [-0.39, 0.29) is 17.5 Å². The number of carbonyl (C=O) groups excluding carboxylic acids is 1. The molecular weight excluding hydrogens is 308 g/mol. The first-order chi connectivity index (χ1) is 10.5. The first-order valence-corrected chi connectivity index (χ1v) is 7.57. The number of nitrogens with two attached hydrogens (primary N) is 1. The van der Waals surface area contributed by atoms with E-state index in [0.717, 1.165) is 12.8 Å². The number of hydrogen-bond donors (Lipinski definition) is 2. The molecule has 1 atom stereocenters. The molecule has 1 fully saturated rings. The fourth-order valence-corrected chi connectivity index (χ4v) is 2.83. The van der Waals surface area contributed by atoms with Crippen molar-refractivity contribution >= 4 is 28.9 Å². The molecule has 0 aromatic heterocycles. The predicted molar refractivity (Wildman–Crippen MR) is 85.1 cm³/mol. The number of halogens is 1. The van der Waals surface area contributed by atoms with Crippen molar-refractivity contribution in [1.82, 2.24) is 5.32 Å². The minimum Gasteiger partial charge on any atom is -0.365 e. The Hall–Kier alpha value is -1.86. The highest BCUT2D eigenvalue weighted by atomic mass is 35.5. The Bertz CT molecular complexity index is 567. The van der Waals surface area contributed by atoms with Gasteiger partial charge >= 0.3 is 0 Å². The molecule has 120 valence electrons. The summed E-state index contributed by atoms with van der Waals surface area (Å²) in [6, 6.07) is 4.61. The number of anilines is 1. The van der Waals surface area contributed by atoms with Crippen molar-refractivity contribution in [3.05, 3.63) is 33.3 Å². The number of amides is 1. The van der Waals surface area contributed by atoms with Crippen LogP contribution in [0.25, 0.3) is 0 Å². The number of nitro benzene ring substituents is 1. The zero-order valence-electron chi connectivity index (χ0n) is 12.1. The monoisotopic (exact) mass is 326 g/mol. The van der Waals surface area contributed by atoms with Gasteiger partial charge in [0.25, 0.3) is 5.69 Å². The van der Waals surface area contributed by atoms with E-state index in [0.29, 0.717) is 36.9 Å². The lowest BCUT2D eigenvalue weighted by molar-refractivity contribution is -0.384. The van der Waals surface area contributed by atoms with Gasteiger partial charge in [0.1, 0.15) is 5.69 Å². The minimum absolute atomic E-state index is 0.0319. The number of nitrogens with one attached hydrogen (secondary N) is 1. The molecule has 0 spiro atoms. The van der Waals surface area contributed by atoms with Crippen LogP contribution in [0.3, 0.4) is 0 Å². The van der Waals surface area contributed by atoms with Crippen LogP contribution in [0.15, 0.2) is 18.2 Å². The van der Waals surface area contributed by atoms with Gasteiger partial charge in [-0.2, -0.15) is 0 Å². The summed E-state index contributed by atoms with van der Waals surface area (Å²) < 4.78 is 0. The molecule has 1 saturated heterocycles. The Morgan fingerprint density at radius 2 is 2.32 bits per heavy atom. The third-order valence-electron chi connectivity index (χ3n) is 3.71. The highest BCUT2D eigenvalue weighted by Gasteiger charge is 2.29. The van der Waals surface area contributed by atoms with Crippen molar-refractivity contribution in [3.63, 3.8) is 0 Å². The van der Waals surface area contributed by atoms with Crippen LogP contribution in [0.1, 0.15) is 12.8 Å². The van der Waals surface area contributed by atoms with Crippen molar-refractivity contribution in [2.75, 3.05) is 31.1 Å². The molecule has 0 saturated carbocycles. The molecule has 7 nitrogen and oxygen atoms in total. The number of carbonyl (C=O) groups is 1. The molecule has 8 heteroatoms. The SMILES string of the molecule is NCCNC(=O)C1CCCN(c2ccc(Cl)cc2[N+](=O)[O-])C1. The fraction of sp³-hybridized carbons (Fsp3) is 0.500. The molecule has 3 N–H and O–H groups in total. The number of hydrogen-bond acceptors (Lipinski definition) is 5. The van der Waals surface area contributed by atoms with Crippen LogP contribution in [-0.2, 0) is 4.79 Å². The van der Waals surface area contributed by atoms with Crippen LogP contribution in [0, 0.1) is 16.0 Å². The lowest BCUT2D eigenvalue weighted by Gasteiger charge is -2.33. The summed E-state index contributed by atoms with van der Waals surface area (Å²) >= 11 is 5.84. The summed E-state index contributed by atoms with van der Waals surface area (Å²) in [7, 11) is 0. The van der Waals surface area contributed by atoms with Crippen molar-refractivity contribution in [3.8, 4) is 0 Å². The zero-order chi connectivity index (χ0) is 16.1. The number of piperidine rings is 1. The Morgan fingerprint density at radius 1 is 1.55 bits per heavy atom. The summed E-state index contributed by atoms with van der Waals surface area (Å²) in [4.78, 5) is 24.7. The van der Waals surface area contributed by atoms with E-state index in [1.54, 1.807) is 12.1 Å². The second-order valence-electron chi connectivity index (χ2n) is 5.26. The Morgan fingerprint density at radius 3 is 3.00 bits per heavy atom. The molecule has 1 aromatic rings. The maximum absolute atomic E-state index is 12.1. The van der Waals surface area contributed by atoms with Crippen LogP contribution in [0.5, 0.6) is 0 Å². The van der Waals surface area contributed by atoms with Crippen LogP contribution in [0.4, 0.5) is 11.4 Å². The lowest BCUT2D eigenvalue weighted by atomic mass is 9.96. The van der Waals surface area contributed by atoms with Crippen molar-refractivity contribution in [2.45, 2.75) is 12.8 Å². The van der Waals surface area contributed by atoms with E-state index in [9.17, 15) is 14.9 Å². The average Bonchev–Trinajstić information content (AvgIpc) is 2.52. The van der Waals surface area contributed by atoms with Gasteiger partial charge in [0, 0.05) is 37.3 Å². The molecular formula is C14H19ClN4O3. The van der Waals surface area contributed by atoms with Crippen molar-refractivity contribution in [2.24, 2.45) is 11.7 Å². The maximum atomic E-state index is 12.1. The number of nitro groups is 1. The average molecular weight is 327 g/mol. The molecule has 1 aliphatic rings. The Balaban J connectivity index is 2.16. The highest BCUT2D eigenvalue weighted by molar-refractivity contribution is 6.30. The summed E-state index contributed by atoms with van der Waals surface area (Å²) in [5.41, 5.74) is 5.85. The van der Waals surface area contributed by atoms with Gasteiger partial charge in [-0.3, -0.25) is 14.9 Å². The second-order valence-corrected chi connectivity index (χ2v) is 5.69. The van der Waals surface area contributed by atoms with Crippen LogP contribution in [0.2, 0.25) is 5.02 Å². The molecule has 1 heterocycles. The largest absolute Gasteiger partial charge is 0.365 e. The third-order valence-corrected chi connectivity index (χ3v) is 3.95. The highest BCUT2D eigenvalue weighted by Crippen LogP contribution is 2.33. The molecule has 0 bridgehead atoms. The van der Waals surface area contributed by atoms with E-state index in [2.05, 4.69) is 5.32 Å². The smallest absolute Gasteiger partial charge is 0.294 e. The third kappa shape index (κ3) is 3.86. The molecule has 0 aliphatic carbocycles. The van der Waals surface area contributed by atoms with Crippen LogP contribution >= 0.6 is 11.6 Å². The molecule has 22 heavy (non-hydrogen) atoms. The topological polar surface area (TPSA) is 102 Å². The molecule has 0 radical (unpaired) electrons. The maximum Gasteiger partial charge on any atom is 0.294 e. The number of benzene rings is 1. The minimum atomic E-state index is -0.445. The van der Waals surface area contributed by atoms with Crippen LogP contribution < -0.4 is 16.0 Å². The Labute approximate surface area is 133 Å². The molecule has 1 aromatic carbocycles. The Kier molecular flexibility index (Phi) is 5.57. The quantitative estimate of drug-likeness (QED) is 0.631. The molecule has 1 aliphatic heterocycles. The van der Waals surface area contributed by atoms with Crippen molar-refractivity contribution in [1.29, 1.82) is 0 Å². The van der Waals surface area contributed by atoms with E-state index < -0.39 is 4.92 Å². The van der Waals surface area contributed by atoms with E-state index in [4.69, 9.17) is 17.3 Å². The van der Waals surface area contributed by atoms with E-state index in [1.165, 1.54) is 6.07 Å². The summed E-state index contributed by atoms with van der Waals surface area (Å²) in [6.45, 7) is 1.98. The van der Waals surface area contributed by atoms with E-state index in [1.807, 2.05) is 4.90 Å². The molecule has 1 amide bonds. The van der Waals surface area contributed by atoms with Gasteiger partial charge in [-0.25, -0.2) is 0 Å². The summed E-state index contributed by atoms with van der Waals surface area (Å²) in [5.74, 6) is -0.234. The van der Waals surface area contributed by atoms with Gasteiger partial charge in [0.15, 0.2) is 0 Å². The van der Waals surface area contributed by atoms with Gasteiger partial charge in [0.2, 0.25) is 5.91 Å². The van der Waals surface area contributed by atoms with Gasteiger partial charge in [-0.15, -0.1) is 0 Å². The summed E-state index contributed by atoms with van der Waals surface area (Å²) in [5, 5.41) is 14.3. The van der Waals surface area contributed by atoms with Gasteiger partial charge in [-0.1, -0.05) is 11.6 Å². The first kappa shape index (κ1) is 16.5. The van der Waals surface area contributed by atoms with Gasteiger partial charge in [0.05, 0.1) is 10.8 Å². The van der Waals surface area contributed by atoms with Crippen LogP contribution in [-0.4, -0.2) is 37.0 Å². The molecule has 1 unspecified atom stereocenters.